The molecule has 0 amide bonds. The molecule has 110 heavy (non-hydrogen) atoms. The number of benzene rings is 17. The number of anilines is 6. The quantitative estimate of drug-likeness (QED) is 0.121. The molecule has 21 aromatic rings. The molecule has 0 saturated carbocycles. The molecule has 6 nitrogen and oxygen atoms in total. The Morgan fingerprint density at radius 3 is 0.918 bits per heavy atom. The Hall–Kier alpha value is -14.5. The summed E-state index contributed by atoms with van der Waals surface area (Å²) in [6.07, 6.45) is 0. The van der Waals surface area contributed by atoms with E-state index in [4.69, 9.17) is 17.7 Å². The molecule has 4 aromatic heterocycles. The number of fused-ring (bicyclic) bond motifs is 16. The van der Waals surface area contributed by atoms with E-state index >= 15 is 0 Å². The number of hydrogen-bond acceptors (Lipinski definition) is 6. The highest BCUT2D eigenvalue weighted by atomic mass is 16.3. The summed E-state index contributed by atoms with van der Waals surface area (Å²) in [4.78, 5) is 4.79. The molecule has 514 valence electrons. The van der Waals surface area contributed by atoms with Crippen LogP contribution in [0, 0.1) is 0 Å². The molecule has 0 radical (unpaired) electrons. The summed E-state index contributed by atoms with van der Waals surface area (Å²) in [7, 11) is 0. The molecule has 4 heterocycles. The maximum Gasteiger partial charge on any atom is 0.137 e. The summed E-state index contributed by atoms with van der Waals surface area (Å²) in [6, 6.07) is 141. The molecule has 0 saturated heterocycles. The Bertz CT molecular complexity index is 6730. The number of nitrogens with zero attached hydrogens (tertiary/aromatic N) is 2. The van der Waals surface area contributed by atoms with Gasteiger partial charge in [-0.3, -0.25) is 0 Å². The van der Waals surface area contributed by atoms with E-state index in [2.05, 4.69) is 374 Å². The van der Waals surface area contributed by atoms with Crippen molar-refractivity contribution in [2.24, 2.45) is 0 Å². The molecule has 0 aliphatic heterocycles. The SMILES string of the molecule is c1ccc(C2(c3ccccc3)c3ccccc3-c3ccc(N(c4ccc5cc(-c6cc7ccccc7o6)ccc5c4)c4ccc5c(c4)oc4cc6c(cc45)oc4cc(N(c5ccc7c(c5)C(c5ccccc5)(c5ccccc5)c5ccccc5-7)c5ccc7cc(-c8cc9ccccc9o8)ccc7c5)ccc46)cc32)cc1. The van der Waals surface area contributed by atoms with Gasteiger partial charge in [-0.15, -0.1) is 0 Å². The fourth-order valence-electron chi connectivity index (χ4n) is 18.6. The van der Waals surface area contributed by atoms with Crippen LogP contribution in [0.5, 0.6) is 0 Å². The lowest BCUT2D eigenvalue weighted by Crippen LogP contribution is -2.28. The first-order valence-electron chi connectivity index (χ1n) is 37.6. The third-order valence-electron chi connectivity index (χ3n) is 23.5. The van der Waals surface area contributed by atoms with E-state index in [1.54, 1.807) is 0 Å². The maximum atomic E-state index is 7.16. The van der Waals surface area contributed by atoms with Crippen molar-refractivity contribution in [2.75, 3.05) is 9.80 Å². The smallest absolute Gasteiger partial charge is 0.137 e. The Labute approximate surface area is 633 Å². The number of furan rings is 4. The van der Waals surface area contributed by atoms with Gasteiger partial charge >= 0.3 is 0 Å². The first-order valence-corrected chi connectivity index (χ1v) is 37.6. The highest BCUT2D eigenvalue weighted by Crippen LogP contribution is 2.60. The van der Waals surface area contributed by atoms with Crippen molar-refractivity contribution in [1.29, 1.82) is 0 Å². The molecular formula is C104H64N2O4. The monoisotopic (exact) mass is 1400 g/mol. The van der Waals surface area contributed by atoms with Crippen LogP contribution in [0.25, 0.3) is 132 Å². The van der Waals surface area contributed by atoms with Crippen molar-refractivity contribution in [1.82, 2.24) is 0 Å². The van der Waals surface area contributed by atoms with Crippen LogP contribution in [0.1, 0.15) is 44.5 Å². The fraction of sp³-hybridized carbons (Fsp3) is 0.0192. The first-order chi connectivity index (χ1) is 54.4. The number of rotatable bonds is 12. The predicted octanol–water partition coefficient (Wildman–Crippen LogP) is 28.3. The molecule has 0 spiro atoms. The summed E-state index contributed by atoms with van der Waals surface area (Å²) < 4.78 is 27.1. The summed E-state index contributed by atoms with van der Waals surface area (Å²) in [6.45, 7) is 0. The molecule has 0 bridgehead atoms. The molecule has 0 atom stereocenters. The largest absolute Gasteiger partial charge is 0.456 e. The van der Waals surface area contributed by atoms with Gasteiger partial charge in [-0.05, 0) is 210 Å². The van der Waals surface area contributed by atoms with Crippen LogP contribution in [0.15, 0.2) is 406 Å². The first kappa shape index (κ1) is 61.8. The van der Waals surface area contributed by atoms with Gasteiger partial charge in [-0.1, -0.05) is 255 Å². The summed E-state index contributed by atoms with van der Waals surface area (Å²) in [5, 5.41) is 10.5. The Morgan fingerprint density at radius 2 is 0.500 bits per heavy atom. The zero-order chi connectivity index (χ0) is 72.2. The second kappa shape index (κ2) is 24.0. The van der Waals surface area contributed by atoms with Gasteiger partial charge < -0.3 is 27.5 Å². The zero-order valence-corrected chi connectivity index (χ0v) is 59.5. The summed E-state index contributed by atoms with van der Waals surface area (Å²) in [5.74, 6) is 1.69. The van der Waals surface area contributed by atoms with Crippen LogP contribution in [-0.4, -0.2) is 0 Å². The van der Waals surface area contributed by atoms with E-state index in [0.717, 1.165) is 144 Å². The Morgan fingerprint density at radius 1 is 0.182 bits per heavy atom. The Balaban J connectivity index is 0.664. The van der Waals surface area contributed by atoms with Crippen molar-refractivity contribution in [3.8, 4) is 44.9 Å². The zero-order valence-electron chi connectivity index (χ0n) is 59.5. The van der Waals surface area contributed by atoms with Crippen LogP contribution in [0.2, 0.25) is 0 Å². The molecule has 0 N–H and O–H groups in total. The molecule has 17 aromatic carbocycles. The minimum absolute atomic E-state index is 0.604. The van der Waals surface area contributed by atoms with Gasteiger partial charge in [0.25, 0.3) is 0 Å². The van der Waals surface area contributed by atoms with Crippen molar-refractivity contribution in [3.63, 3.8) is 0 Å². The molecule has 2 aliphatic rings. The van der Waals surface area contributed by atoms with Gasteiger partial charge in [-0.25, -0.2) is 0 Å². The van der Waals surface area contributed by atoms with Gasteiger partial charge in [0.1, 0.15) is 45.0 Å². The minimum atomic E-state index is -0.604. The highest BCUT2D eigenvalue weighted by Gasteiger charge is 2.48. The van der Waals surface area contributed by atoms with Crippen LogP contribution in [0.3, 0.4) is 0 Å². The lowest BCUT2D eigenvalue weighted by molar-refractivity contribution is 0.631. The lowest BCUT2D eigenvalue weighted by atomic mass is 9.67. The number of para-hydroxylation sites is 2. The molecule has 2 aliphatic carbocycles. The van der Waals surface area contributed by atoms with Crippen molar-refractivity contribution < 1.29 is 17.7 Å². The highest BCUT2D eigenvalue weighted by molar-refractivity contribution is 6.16. The average Bonchev–Trinajstić information content (AvgIpc) is 1.54. The maximum absolute atomic E-state index is 7.16. The molecule has 0 unspecified atom stereocenters. The van der Waals surface area contributed by atoms with Crippen molar-refractivity contribution in [2.45, 2.75) is 10.8 Å². The number of hydrogen-bond donors (Lipinski definition) is 0. The predicted molar refractivity (Wildman–Crippen MR) is 450 cm³/mol. The van der Waals surface area contributed by atoms with Gasteiger partial charge in [0.05, 0.1) is 10.8 Å². The topological polar surface area (TPSA) is 59.0 Å². The third kappa shape index (κ3) is 9.30. The van der Waals surface area contributed by atoms with E-state index in [-0.39, 0.29) is 0 Å². The van der Waals surface area contributed by atoms with Gasteiger partial charge in [0.15, 0.2) is 0 Å². The van der Waals surface area contributed by atoms with E-state index in [1.165, 1.54) is 66.8 Å². The molecule has 0 fully saturated rings. The van der Waals surface area contributed by atoms with Crippen molar-refractivity contribution in [3.05, 3.63) is 433 Å². The lowest BCUT2D eigenvalue weighted by Gasteiger charge is -2.35. The van der Waals surface area contributed by atoms with E-state index in [9.17, 15) is 0 Å². The van der Waals surface area contributed by atoms with E-state index in [1.807, 2.05) is 24.3 Å². The standard InChI is InChI=1S/C104H64N2O4/c1-5-23-73(24-6-1)103(74-25-7-2-8-26-74)91-33-17-15-31-83(91)85-49-45-79(59-93(85)103)105(77-43-41-65-53-71(39-37-67(65)55-77)97-57-69-21-13-19-35-95(69)107-97)81-47-51-87-89-63-102-90(64-101(89)109-99(87)61-81)88-52-48-82(62-100(88)110-102)106(78-44-42-66-54-72(40-38-68(66)56-78)98-58-70-22-14-20-36-96(70)108-98)80-46-50-86-84-32-16-18-34-92(84)104(94(86)60-80,75-27-9-3-10-28-75)76-29-11-4-12-30-76/h1-64H. The van der Waals surface area contributed by atoms with Gasteiger partial charge in [0, 0.05) is 89.7 Å². The minimum Gasteiger partial charge on any atom is -0.456 e. The third-order valence-corrected chi connectivity index (χ3v) is 23.5. The Kier molecular flexibility index (Phi) is 13.5. The second-order valence-corrected chi connectivity index (χ2v) is 29.4. The summed E-state index contributed by atoms with van der Waals surface area (Å²) >= 11 is 0. The second-order valence-electron chi connectivity index (χ2n) is 29.4. The van der Waals surface area contributed by atoms with Crippen molar-refractivity contribution >= 4 is 121 Å². The van der Waals surface area contributed by atoms with Crippen LogP contribution in [0.4, 0.5) is 34.1 Å². The van der Waals surface area contributed by atoms with E-state index in [0.29, 0.717) is 0 Å². The van der Waals surface area contributed by atoms with E-state index < -0.39 is 10.8 Å². The van der Waals surface area contributed by atoms with Gasteiger partial charge in [-0.2, -0.15) is 0 Å². The van der Waals surface area contributed by atoms with Crippen LogP contribution in [-0.2, 0) is 10.8 Å². The molecule has 23 rings (SSSR count). The van der Waals surface area contributed by atoms with Crippen LogP contribution < -0.4 is 9.80 Å². The normalized spacial score (nSPS) is 13.2. The molecular weight excluding hydrogens is 1340 g/mol. The average molecular weight is 1410 g/mol. The molecule has 6 heteroatoms. The fourth-order valence-corrected chi connectivity index (χ4v) is 18.6. The van der Waals surface area contributed by atoms with Gasteiger partial charge in [0.2, 0.25) is 0 Å². The summed E-state index contributed by atoms with van der Waals surface area (Å²) in [5.41, 5.74) is 26.4. The van der Waals surface area contributed by atoms with Crippen LogP contribution >= 0.6 is 0 Å².